The molecule has 2 rings (SSSR count). The Labute approximate surface area is 91.2 Å². The Kier molecular flexibility index (Phi) is 3.27. The first-order valence-corrected chi connectivity index (χ1v) is 5.75. The minimum Gasteiger partial charge on any atom is -0.338 e. The quantitative estimate of drug-likeness (QED) is 0.510. The molecule has 82 valence electrons. The molecule has 0 heterocycles. The highest BCUT2D eigenvalue weighted by molar-refractivity contribution is 5.79. The Hall–Kier alpha value is -1.01. The van der Waals surface area contributed by atoms with E-state index in [2.05, 4.69) is 16.1 Å². The lowest BCUT2D eigenvalue weighted by molar-refractivity contribution is -0.131. The second kappa shape index (κ2) is 4.67. The molecule has 0 atom stereocenters. The van der Waals surface area contributed by atoms with Crippen molar-refractivity contribution in [2.75, 3.05) is 19.6 Å². The molecule has 0 aromatic rings. The van der Waals surface area contributed by atoms with Crippen LogP contribution in [0.1, 0.15) is 25.7 Å². The van der Waals surface area contributed by atoms with Crippen molar-refractivity contribution >= 4 is 5.91 Å². The average molecular weight is 206 g/mol. The standard InChI is InChI=1S/C12H18N2O/c1-2-7-13-8-12(15)14(11-5-6-11)9-10-3-4-10/h1,10-11,13H,3-9H2. The second-order valence-corrected chi connectivity index (χ2v) is 4.53. The molecule has 3 nitrogen and oxygen atoms in total. The number of nitrogens with one attached hydrogen (secondary N) is 1. The van der Waals surface area contributed by atoms with Crippen molar-refractivity contribution in [3.8, 4) is 12.3 Å². The van der Waals surface area contributed by atoms with E-state index < -0.39 is 0 Å². The molecule has 0 aromatic carbocycles. The van der Waals surface area contributed by atoms with Gasteiger partial charge in [-0.2, -0.15) is 0 Å². The van der Waals surface area contributed by atoms with Crippen molar-refractivity contribution in [3.05, 3.63) is 0 Å². The smallest absolute Gasteiger partial charge is 0.236 e. The number of carbonyl (C=O) groups is 1. The van der Waals surface area contributed by atoms with Crippen LogP contribution >= 0.6 is 0 Å². The van der Waals surface area contributed by atoms with Crippen LogP contribution < -0.4 is 5.32 Å². The molecule has 0 unspecified atom stereocenters. The maximum Gasteiger partial charge on any atom is 0.236 e. The van der Waals surface area contributed by atoms with E-state index in [1.807, 2.05) is 0 Å². The molecular formula is C12H18N2O. The van der Waals surface area contributed by atoms with Crippen LogP contribution in [0.2, 0.25) is 0 Å². The Morgan fingerprint density at radius 2 is 2.13 bits per heavy atom. The van der Waals surface area contributed by atoms with E-state index in [1.54, 1.807) is 0 Å². The highest BCUT2D eigenvalue weighted by Crippen LogP contribution is 2.34. The minimum atomic E-state index is 0.222. The molecule has 1 amide bonds. The number of hydrogen-bond donors (Lipinski definition) is 1. The zero-order valence-corrected chi connectivity index (χ0v) is 9.04. The summed E-state index contributed by atoms with van der Waals surface area (Å²) < 4.78 is 0. The highest BCUT2D eigenvalue weighted by atomic mass is 16.2. The molecule has 0 bridgehead atoms. The second-order valence-electron chi connectivity index (χ2n) is 4.53. The molecule has 0 radical (unpaired) electrons. The molecule has 0 aromatic heterocycles. The summed E-state index contributed by atoms with van der Waals surface area (Å²) in [7, 11) is 0. The molecule has 0 aliphatic heterocycles. The van der Waals surface area contributed by atoms with E-state index in [0.29, 0.717) is 19.1 Å². The molecule has 0 saturated heterocycles. The van der Waals surface area contributed by atoms with E-state index in [9.17, 15) is 4.79 Å². The van der Waals surface area contributed by atoms with Crippen molar-refractivity contribution in [1.82, 2.24) is 10.2 Å². The first-order valence-electron chi connectivity index (χ1n) is 5.75. The van der Waals surface area contributed by atoms with Crippen LogP contribution in [0, 0.1) is 18.3 Å². The van der Waals surface area contributed by atoms with Crippen LogP contribution in [-0.4, -0.2) is 36.5 Å². The van der Waals surface area contributed by atoms with Crippen LogP contribution in [-0.2, 0) is 4.79 Å². The van der Waals surface area contributed by atoms with Gasteiger partial charge < -0.3 is 4.90 Å². The van der Waals surface area contributed by atoms with E-state index >= 15 is 0 Å². The minimum absolute atomic E-state index is 0.222. The zero-order chi connectivity index (χ0) is 10.7. The van der Waals surface area contributed by atoms with Gasteiger partial charge in [0, 0.05) is 12.6 Å². The predicted octanol–water partition coefficient (Wildman–Crippen LogP) is 0.610. The van der Waals surface area contributed by atoms with Crippen molar-refractivity contribution in [1.29, 1.82) is 0 Å². The van der Waals surface area contributed by atoms with Crippen LogP contribution in [0.3, 0.4) is 0 Å². The average Bonchev–Trinajstić information content (AvgIpc) is 3.06. The lowest BCUT2D eigenvalue weighted by Gasteiger charge is -2.22. The first kappa shape index (κ1) is 10.5. The summed E-state index contributed by atoms with van der Waals surface area (Å²) in [6.45, 7) is 1.85. The lowest BCUT2D eigenvalue weighted by atomic mass is 10.3. The van der Waals surface area contributed by atoms with Gasteiger partial charge in [0.2, 0.25) is 5.91 Å². The Balaban J connectivity index is 1.75. The van der Waals surface area contributed by atoms with E-state index in [4.69, 9.17) is 6.42 Å². The molecule has 2 saturated carbocycles. The maximum absolute atomic E-state index is 11.9. The summed E-state index contributed by atoms with van der Waals surface area (Å²) in [6, 6.07) is 0.533. The Bertz CT molecular complexity index is 274. The van der Waals surface area contributed by atoms with Gasteiger partial charge in [-0.05, 0) is 31.6 Å². The van der Waals surface area contributed by atoms with Crippen LogP contribution in [0.15, 0.2) is 0 Å². The van der Waals surface area contributed by atoms with Gasteiger partial charge >= 0.3 is 0 Å². The fourth-order valence-corrected chi connectivity index (χ4v) is 1.76. The first-order chi connectivity index (χ1) is 7.31. The van der Waals surface area contributed by atoms with Crippen molar-refractivity contribution in [2.24, 2.45) is 5.92 Å². The van der Waals surface area contributed by atoms with E-state index in [0.717, 1.165) is 12.5 Å². The Morgan fingerprint density at radius 1 is 1.40 bits per heavy atom. The summed E-state index contributed by atoms with van der Waals surface area (Å²) in [4.78, 5) is 13.9. The zero-order valence-electron chi connectivity index (χ0n) is 9.04. The number of carbonyl (C=O) groups excluding carboxylic acids is 1. The van der Waals surface area contributed by atoms with Gasteiger partial charge in [0.1, 0.15) is 0 Å². The van der Waals surface area contributed by atoms with Gasteiger partial charge in [-0.1, -0.05) is 5.92 Å². The predicted molar refractivity (Wildman–Crippen MR) is 59.2 cm³/mol. The van der Waals surface area contributed by atoms with Gasteiger partial charge in [-0.15, -0.1) is 6.42 Å². The SMILES string of the molecule is C#CCNCC(=O)N(CC1CC1)C1CC1. The molecule has 2 fully saturated rings. The number of amides is 1. The topological polar surface area (TPSA) is 32.3 Å². The molecule has 15 heavy (non-hydrogen) atoms. The van der Waals surface area contributed by atoms with E-state index in [1.165, 1.54) is 25.7 Å². The normalized spacial score (nSPS) is 19.7. The summed E-state index contributed by atoms with van der Waals surface area (Å²) in [6.07, 6.45) is 10.1. The van der Waals surface area contributed by atoms with Crippen LogP contribution in [0.4, 0.5) is 0 Å². The molecule has 2 aliphatic rings. The Morgan fingerprint density at radius 3 is 2.67 bits per heavy atom. The molecule has 1 N–H and O–H groups in total. The maximum atomic E-state index is 11.9. The number of rotatable bonds is 6. The third-order valence-corrected chi connectivity index (χ3v) is 2.96. The van der Waals surface area contributed by atoms with Crippen molar-refractivity contribution < 1.29 is 4.79 Å². The fraction of sp³-hybridized carbons (Fsp3) is 0.750. The molecule has 2 aliphatic carbocycles. The lowest BCUT2D eigenvalue weighted by Crippen LogP contribution is -2.40. The molecular weight excluding hydrogens is 188 g/mol. The van der Waals surface area contributed by atoms with Crippen LogP contribution in [0.5, 0.6) is 0 Å². The summed E-state index contributed by atoms with van der Waals surface area (Å²) in [5.74, 6) is 3.48. The number of hydrogen-bond acceptors (Lipinski definition) is 2. The van der Waals surface area contributed by atoms with Gasteiger partial charge in [0.25, 0.3) is 0 Å². The van der Waals surface area contributed by atoms with Gasteiger partial charge in [0.15, 0.2) is 0 Å². The summed E-state index contributed by atoms with van der Waals surface area (Å²) >= 11 is 0. The van der Waals surface area contributed by atoms with Gasteiger partial charge in [-0.3, -0.25) is 10.1 Å². The molecule has 0 spiro atoms. The summed E-state index contributed by atoms with van der Waals surface area (Å²) in [5, 5.41) is 2.96. The number of terminal acetylenes is 1. The molecule has 3 heteroatoms. The number of nitrogens with zero attached hydrogens (tertiary/aromatic N) is 1. The largest absolute Gasteiger partial charge is 0.338 e. The van der Waals surface area contributed by atoms with Crippen LogP contribution in [0.25, 0.3) is 0 Å². The monoisotopic (exact) mass is 206 g/mol. The summed E-state index contributed by atoms with van der Waals surface area (Å²) in [5.41, 5.74) is 0. The highest BCUT2D eigenvalue weighted by Gasteiger charge is 2.35. The van der Waals surface area contributed by atoms with Crippen molar-refractivity contribution in [3.63, 3.8) is 0 Å². The third kappa shape index (κ3) is 3.24. The van der Waals surface area contributed by atoms with Gasteiger partial charge in [-0.25, -0.2) is 0 Å². The third-order valence-electron chi connectivity index (χ3n) is 2.96. The van der Waals surface area contributed by atoms with Crippen molar-refractivity contribution in [2.45, 2.75) is 31.7 Å². The fourth-order valence-electron chi connectivity index (χ4n) is 1.76. The van der Waals surface area contributed by atoms with E-state index in [-0.39, 0.29) is 5.91 Å². The van der Waals surface area contributed by atoms with Gasteiger partial charge in [0.05, 0.1) is 13.1 Å².